The van der Waals surface area contributed by atoms with E-state index in [-0.39, 0.29) is 24.3 Å². The molecule has 0 spiro atoms. The Morgan fingerprint density at radius 3 is 2.55 bits per heavy atom. The number of carbonyl (C=O) groups is 2. The molecule has 22 heavy (non-hydrogen) atoms. The minimum absolute atomic E-state index is 0.0649. The first-order valence-corrected chi connectivity index (χ1v) is 7.54. The fraction of sp³-hybridized carbons (Fsp3) is 0.471. The summed E-state index contributed by atoms with van der Waals surface area (Å²) in [7, 11) is 0. The first-order chi connectivity index (χ1) is 10.5. The lowest BCUT2D eigenvalue weighted by Gasteiger charge is -2.32. The van der Waals surface area contributed by atoms with E-state index in [1.165, 1.54) is 5.56 Å². The van der Waals surface area contributed by atoms with E-state index in [4.69, 9.17) is 5.26 Å². The molecule has 1 aliphatic heterocycles. The molecule has 0 unspecified atom stereocenters. The second kappa shape index (κ2) is 7.08. The first-order valence-electron chi connectivity index (χ1n) is 7.54. The lowest BCUT2D eigenvalue weighted by molar-refractivity contribution is -0.131. The average Bonchev–Trinajstić information content (AvgIpc) is 2.51. The van der Waals surface area contributed by atoms with E-state index in [2.05, 4.69) is 5.32 Å². The SMILES string of the molecule is Cc1ccc(C(=O)NC2CCN(C(=O)CC#N)CC2)cc1C. The van der Waals surface area contributed by atoms with Gasteiger partial charge in [0.15, 0.2) is 0 Å². The molecule has 2 rings (SSSR count). The van der Waals surface area contributed by atoms with Crippen LogP contribution in [0.5, 0.6) is 0 Å². The summed E-state index contributed by atoms with van der Waals surface area (Å²) in [5, 5.41) is 11.6. The minimum Gasteiger partial charge on any atom is -0.349 e. The molecule has 2 amide bonds. The predicted octanol–water partition coefficient (Wildman–Crippen LogP) is 1.94. The molecule has 1 aromatic carbocycles. The van der Waals surface area contributed by atoms with Crippen molar-refractivity contribution in [2.75, 3.05) is 13.1 Å². The third-order valence-corrected chi connectivity index (χ3v) is 4.18. The number of nitrogens with one attached hydrogen (secondary N) is 1. The van der Waals surface area contributed by atoms with Crippen molar-refractivity contribution >= 4 is 11.8 Å². The molecule has 1 saturated heterocycles. The zero-order valence-corrected chi connectivity index (χ0v) is 13.1. The molecule has 0 aliphatic carbocycles. The van der Waals surface area contributed by atoms with Crippen LogP contribution in [0.2, 0.25) is 0 Å². The summed E-state index contributed by atoms with van der Waals surface area (Å²) < 4.78 is 0. The molecular weight excluding hydrogens is 278 g/mol. The topological polar surface area (TPSA) is 73.2 Å². The molecule has 5 nitrogen and oxygen atoms in total. The maximum atomic E-state index is 12.3. The Labute approximate surface area is 130 Å². The quantitative estimate of drug-likeness (QED) is 0.927. The van der Waals surface area contributed by atoms with Crippen molar-refractivity contribution in [3.8, 4) is 6.07 Å². The van der Waals surface area contributed by atoms with Crippen LogP contribution in [0.15, 0.2) is 18.2 Å². The van der Waals surface area contributed by atoms with Gasteiger partial charge in [0.1, 0.15) is 6.42 Å². The van der Waals surface area contributed by atoms with Crippen LogP contribution in [-0.2, 0) is 4.79 Å². The van der Waals surface area contributed by atoms with E-state index in [1.54, 1.807) is 4.90 Å². The van der Waals surface area contributed by atoms with Gasteiger partial charge < -0.3 is 10.2 Å². The number of amides is 2. The Morgan fingerprint density at radius 2 is 1.95 bits per heavy atom. The number of likely N-dealkylation sites (tertiary alicyclic amines) is 1. The number of benzene rings is 1. The minimum atomic E-state index is -0.124. The van der Waals surface area contributed by atoms with E-state index in [0.717, 1.165) is 18.4 Å². The van der Waals surface area contributed by atoms with E-state index in [0.29, 0.717) is 18.7 Å². The van der Waals surface area contributed by atoms with Gasteiger partial charge in [-0.25, -0.2) is 0 Å². The van der Waals surface area contributed by atoms with Gasteiger partial charge in [0.2, 0.25) is 5.91 Å². The van der Waals surface area contributed by atoms with E-state index >= 15 is 0 Å². The third-order valence-electron chi connectivity index (χ3n) is 4.18. The van der Waals surface area contributed by atoms with Gasteiger partial charge in [0, 0.05) is 24.7 Å². The van der Waals surface area contributed by atoms with Crippen molar-refractivity contribution in [3.63, 3.8) is 0 Å². The van der Waals surface area contributed by atoms with Crippen LogP contribution in [0.3, 0.4) is 0 Å². The lowest BCUT2D eigenvalue weighted by Crippen LogP contribution is -2.46. The van der Waals surface area contributed by atoms with Crippen molar-refractivity contribution in [1.82, 2.24) is 10.2 Å². The Balaban J connectivity index is 1.88. The molecule has 5 heteroatoms. The van der Waals surface area contributed by atoms with Gasteiger partial charge in [-0.2, -0.15) is 5.26 Å². The standard InChI is InChI=1S/C17H21N3O2/c1-12-3-4-14(11-13(12)2)17(22)19-15-6-9-20(10-7-15)16(21)5-8-18/h3-4,11,15H,5-7,9-10H2,1-2H3,(H,19,22). The fourth-order valence-corrected chi connectivity index (χ4v) is 2.60. The molecule has 1 fully saturated rings. The molecule has 0 atom stereocenters. The van der Waals surface area contributed by atoms with Crippen LogP contribution in [0.25, 0.3) is 0 Å². The predicted molar refractivity (Wildman–Crippen MR) is 83.2 cm³/mol. The third kappa shape index (κ3) is 3.85. The van der Waals surface area contributed by atoms with Gasteiger partial charge in [-0.1, -0.05) is 6.07 Å². The molecule has 116 valence electrons. The second-order valence-electron chi connectivity index (χ2n) is 5.76. The molecule has 0 bridgehead atoms. The molecule has 1 N–H and O–H groups in total. The number of hydrogen-bond acceptors (Lipinski definition) is 3. The maximum absolute atomic E-state index is 12.3. The summed E-state index contributed by atoms with van der Waals surface area (Å²) in [6, 6.07) is 7.65. The highest BCUT2D eigenvalue weighted by atomic mass is 16.2. The molecule has 0 aromatic heterocycles. The van der Waals surface area contributed by atoms with Crippen LogP contribution in [0.1, 0.15) is 40.7 Å². The van der Waals surface area contributed by atoms with Crippen molar-refractivity contribution in [2.24, 2.45) is 0 Å². The van der Waals surface area contributed by atoms with Crippen LogP contribution in [-0.4, -0.2) is 35.8 Å². The van der Waals surface area contributed by atoms with Crippen molar-refractivity contribution in [2.45, 2.75) is 39.2 Å². The van der Waals surface area contributed by atoms with E-state index in [9.17, 15) is 9.59 Å². The second-order valence-corrected chi connectivity index (χ2v) is 5.76. The number of carbonyl (C=O) groups excluding carboxylic acids is 2. The summed E-state index contributed by atoms with van der Waals surface area (Å²) in [5.41, 5.74) is 2.94. The number of nitrogens with zero attached hydrogens (tertiary/aromatic N) is 2. The number of nitriles is 1. The summed E-state index contributed by atoms with van der Waals surface area (Å²) in [4.78, 5) is 25.6. The average molecular weight is 299 g/mol. The zero-order chi connectivity index (χ0) is 16.1. The fourth-order valence-electron chi connectivity index (χ4n) is 2.60. The summed E-state index contributed by atoms with van der Waals surface area (Å²) in [6.07, 6.45) is 1.39. The number of piperidine rings is 1. The Hall–Kier alpha value is -2.35. The van der Waals surface area contributed by atoms with Crippen molar-refractivity contribution in [3.05, 3.63) is 34.9 Å². The molecule has 0 saturated carbocycles. The summed E-state index contributed by atoms with van der Waals surface area (Å²) in [5.74, 6) is -0.189. The molecule has 0 radical (unpaired) electrons. The zero-order valence-electron chi connectivity index (χ0n) is 13.1. The van der Waals surface area contributed by atoms with E-state index < -0.39 is 0 Å². The normalized spacial score (nSPS) is 15.2. The molecule has 1 aliphatic rings. The number of hydrogen-bond donors (Lipinski definition) is 1. The van der Waals surface area contributed by atoms with Gasteiger partial charge in [-0.15, -0.1) is 0 Å². The highest BCUT2D eigenvalue weighted by Crippen LogP contribution is 2.14. The Bertz CT molecular complexity index is 611. The van der Waals surface area contributed by atoms with Gasteiger partial charge >= 0.3 is 0 Å². The first kappa shape index (κ1) is 16.0. The van der Waals surface area contributed by atoms with Gasteiger partial charge in [-0.3, -0.25) is 9.59 Å². The monoisotopic (exact) mass is 299 g/mol. The largest absolute Gasteiger partial charge is 0.349 e. The van der Waals surface area contributed by atoms with Crippen molar-refractivity contribution < 1.29 is 9.59 Å². The molecular formula is C17H21N3O2. The van der Waals surface area contributed by atoms with Crippen LogP contribution in [0, 0.1) is 25.2 Å². The van der Waals surface area contributed by atoms with Crippen LogP contribution >= 0.6 is 0 Å². The van der Waals surface area contributed by atoms with Gasteiger partial charge in [0.05, 0.1) is 6.07 Å². The van der Waals surface area contributed by atoms with Crippen molar-refractivity contribution in [1.29, 1.82) is 5.26 Å². The van der Waals surface area contributed by atoms with Crippen LogP contribution in [0.4, 0.5) is 0 Å². The summed E-state index contributed by atoms with van der Waals surface area (Å²) in [6.45, 7) is 5.20. The summed E-state index contributed by atoms with van der Waals surface area (Å²) >= 11 is 0. The number of aryl methyl sites for hydroxylation is 2. The van der Waals surface area contributed by atoms with E-state index in [1.807, 2.05) is 38.1 Å². The van der Waals surface area contributed by atoms with Crippen LogP contribution < -0.4 is 5.32 Å². The highest BCUT2D eigenvalue weighted by molar-refractivity contribution is 5.94. The maximum Gasteiger partial charge on any atom is 0.251 e. The number of rotatable bonds is 3. The Morgan fingerprint density at radius 1 is 1.27 bits per heavy atom. The van der Waals surface area contributed by atoms with Gasteiger partial charge in [0.25, 0.3) is 5.91 Å². The lowest BCUT2D eigenvalue weighted by atomic mass is 10.0. The molecule has 1 heterocycles. The van der Waals surface area contributed by atoms with Gasteiger partial charge in [-0.05, 0) is 49.9 Å². The molecule has 1 aromatic rings. The smallest absolute Gasteiger partial charge is 0.251 e. The Kier molecular flexibility index (Phi) is 5.16. The highest BCUT2D eigenvalue weighted by Gasteiger charge is 2.23.